The summed E-state index contributed by atoms with van der Waals surface area (Å²) in [6, 6.07) is 0. The Bertz CT molecular complexity index is 157. The number of rotatable bonds is 2. The highest BCUT2D eigenvalue weighted by Crippen LogP contribution is 2.07. The summed E-state index contributed by atoms with van der Waals surface area (Å²) in [5.74, 6) is -0.281. The summed E-state index contributed by atoms with van der Waals surface area (Å²) in [5, 5.41) is 0. The first-order valence-electron chi connectivity index (χ1n) is 4.05. The molecule has 70 valence electrons. The number of hydrogen-bond acceptors (Lipinski definition) is 4. The lowest BCUT2D eigenvalue weighted by Gasteiger charge is -2.27. The molecule has 2 unspecified atom stereocenters. The molecule has 0 aromatic rings. The molecule has 0 bridgehead atoms. The smallest absolute Gasteiger partial charge is 0.302 e. The van der Waals surface area contributed by atoms with Crippen LogP contribution in [0.4, 0.5) is 0 Å². The molecule has 0 aliphatic carbocycles. The highest BCUT2D eigenvalue weighted by Gasteiger charge is 2.20. The fraction of sp³-hybridized carbons (Fsp3) is 0.875. The molecule has 1 heterocycles. The molecule has 0 N–H and O–H groups in total. The number of carbonyl (C=O) groups excluding carboxylic acids is 1. The Hall–Kier alpha value is -0.610. The Balaban J connectivity index is 2.18. The van der Waals surface area contributed by atoms with Crippen LogP contribution in [0.15, 0.2) is 0 Å². The average molecular weight is 174 g/mol. The Morgan fingerprint density at radius 1 is 1.58 bits per heavy atom. The van der Waals surface area contributed by atoms with E-state index >= 15 is 0 Å². The minimum Gasteiger partial charge on any atom is -0.463 e. The lowest BCUT2D eigenvalue weighted by Crippen LogP contribution is -2.37. The van der Waals surface area contributed by atoms with Crippen LogP contribution in [0.5, 0.6) is 0 Å². The fourth-order valence-corrected chi connectivity index (χ4v) is 1.07. The lowest BCUT2D eigenvalue weighted by molar-refractivity contribution is -0.165. The van der Waals surface area contributed by atoms with Crippen LogP contribution in [0.3, 0.4) is 0 Å². The zero-order valence-corrected chi connectivity index (χ0v) is 7.41. The van der Waals surface area contributed by atoms with Crippen LogP contribution in [0.1, 0.15) is 13.8 Å². The normalized spacial score (nSPS) is 29.8. The predicted molar refractivity (Wildman–Crippen MR) is 41.8 cm³/mol. The maximum absolute atomic E-state index is 10.4. The van der Waals surface area contributed by atoms with Crippen molar-refractivity contribution < 1.29 is 19.0 Å². The molecule has 0 aromatic heterocycles. The van der Waals surface area contributed by atoms with Gasteiger partial charge in [0.25, 0.3) is 0 Å². The van der Waals surface area contributed by atoms with Crippen molar-refractivity contribution in [1.82, 2.24) is 0 Å². The molecule has 1 saturated heterocycles. The Morgan fingerprint density at radius 2 is 2.33 bits per heavy atom. The van der Waals surface area contributed by atoms with Gasteiger partial charge in [0, 0.05) is 6.92 Å². The second-order valence-corrected chi connectivity index (χ2v) is 2.91. The van der Waals surface area contributed by atoms with E-state index in [1.165, 1.54) is 6.92 Å². The first kappa shape index (κ1) is 9.48. The first-order valence-corrected chi connectivity index (χ1v) is 4.05. The van der Waals surface area contributed by atoms with Gasteiger partial charge in [0.05, 0.1) is 19.3 Å². The molecule has 0 saturated carbocycles. The topological polar surface area (TPSA) is 44.8 Å². The average Bonchev–Trinajstić information content (AvgIpc) is 2.01. The van der Waals surface area contributed by atoms with Crippen molar-refractivity contribution >= 4 is 5.97 Å². The summed E-state index contributed by atoms with van der Waals surface area (Å²) >= 11 is 0. The third-order valence-electron chi connectivity index (χ3n) is 1.55. The van der Waals surface area contributed by atoms with Crippen LogP contribution >= 0.6 is 0 Å². The molecule has 0 spiro atoms. The predicted octanol–water partition coefficient (Wildman–Crippen LogP) is 0.353. The summed E-state index contributed by atoms with van der Waals surface area (Å²) < 4.78 is 15.4. The van der Waals surface area contributed by atoms with Crippen molar-refractivity contribution in [3.8, 4) is 0 Å². The van der Waals surface area contributed by atoms with E-state index in [0.717, 1.165) is 0 Å². The second kappa shape index (κ2) is 4.42. The molecule has 0 amide bonds. The minimum absolute atomic E-state index is 0.0966. The van der Waals surface area contributed by atoms with E-state index in [0.29, 0.717) is 19.8 Å². The number of ether oxygens (including phenoxy) is 3. The van der Waals surface area contributed by atoms with Gasteiger partial charge in [0.15, 0.2) is 0 Å². The van der Waals surface area contributed by atoms with Crippen LogP contribution in [0.25, 0.3) is 0 Å². The van der Waals surface area contributed by atoms with Crippen LogP contribution in [0, 0.1) is 0 Å². The van der Waals surface area contributed by atoms with E-state index in [9.17, 15) is 4.79 Å². The molecule has 0 radical (unpaired) electrons. The van der Waals surface area contributed by atoms with E-state index in [-0.39, 0.29) is 18.2 Å². The summed E-state index contributed by atoms with van der Waals surface area (Å²) in [6.07, 6.45) is -0.00282. The molecular weight excluding hydrogens is 160 g/mol. The van der Waals surface area contributed by atoms with Gasteiger partial charge in [-0.2, -0.15) is 0 Å². The minimum atomic E-state index is -0.281. The molecule has 0 aromatic carbocycles. The van der Waals surface area contributed by atoms with E-state index in [1.54, 1.807) is 0 Å². The maximum Gasteiger partial charge on any atom is 0.302 e. The summed E-state index contributed by atoms with van der Waals surface area (Å²) in [4.78, 5) is 10.4. The molecule has 12 heavy (non-hydrogen) atoms. The molecule has 1 rings (SSSR count). The van der Waals surface area contributed by atoms with Gasteiger partial charge in [-0.1, -0.05) is 0 Å². The third kappa shape index (κ3) is 3.19. The third-order valence-corrected chi connectivity index (χ3v) is 1.55. The van der Waals surface area contributed by atoms with Crippen LogP contribution in [-0.2, 0) is 19.0 Å². The van der Waals surface area contributed by atoms with Gasteiger partial charge >= 0.3 is 5.97 Å². The van der Waals surface area contributed by atoms with Crippen molar-refractivity contribution in [2.24, 2.45) is 0 Å². The Kier molecular flexibility index (Phi) is 3.49. The maximum atomic E-state index is 10.4. The second-order valence-electron chi connectivity index (χ2n) is 2.91. The van der Waals surface area contributed by atoms with E-state index in [2.05, 4.69) is 0 Å². The highest BCUT2D eigenvalue weighted by atomic mass is 16.6. The van der Waals surface area contributed by atoms with Crippen LogP contribution < -0.4 is 0 Å². The van der Waals surface area contributed by atoms with Gasteiger partial charge in [-0.05, 0) is 6.92 Å². The molecule has 4 nitrogen and oxygen atoms in total. The van der Waals surface area contributed by atoms with Gasteiger partial charge in [0.2, 0.25) is 0 Å². The quantitative estimate of drug-likeness (QED) is 0.567. The number of esters is 1. The highest BCUT2D eigenvalue weighted by molar-refractivity contribution is 5.65. The summed E-state index contributed by atoms with van der Waals surface area (Å²) in [6.45, 7) is 4.74. The number of carbonyl (C=O) groups is 1. The zero-order valence-electron chi connectivity index (χ0n) is 7.41. The van der Waals surface area contributed by atoms with Gasteiger partial charge in [-0.15, -0.1) is 0 Å². The molecule has 1 aliphatic heterocycles. The van der Waals surface area contributed by atoms with Crippen molar-refractivity contribution in [3.05, 3.63) is 0 Å². The van der Waals surface area contributed by atoms with Crippen LogP contribution in [-0.4, -0.2) is 38.0 Å². The van der Waals surface area contributed by atoms with E-state index in [4.69, 9.17) is 14.2 Å². The Morgan fingerprint density at radius 3 is 2.92 bits per heavy atom. The molecule has 1 aliphatic rings. The van der Waals surface area contributed by atoms with Gasteiger partial charge in [0.1, 0.15) is 12.7 Å². The fourth-order valence-electron chi connectivity index (χ4n) is 1.07. The molecule has 4 heteroatoms. The zero-order chi connectivity index (χ0) is 8.97. The molecule has 1 fully saturated rings. The summed E-state index contributed by atoms with van der Waals surface area (Å²) in [7, 11) is 0. The monoisotopic (exact) mass is 174 g/mol. The van der Waals surface area contributed by atoms with Crippen molar-refractivity contribution in [3.63, 3.8) is 0 Å². The molecular formula is C8H14O4. The largest absolute Gasteiger partial charge is 0.463 e. The van der Waals surface area contributed by atoms with Gasteiger partial charge < -0.3 is 14.2 Å². The first-order chi connectivity index (χ1) is 5.68. The summed E-state index contributed by atoms with van der Waals surface area (Å²) in [5.41, 5.74) is 0. The number of hydrogen-bond donors (Lipinski definition) is 0. The van der Waals surface area contributed by atoms with E-state index in [1.807, 2.05) is 6.92 Å². The van der Waals surface area contributed by atoms with Gasteiger partial charge in [-0.3, -0.25) is 4.79 Å². The van der Waals surface area contributed by atoms with Crippen molar-refractivity contribution in [1.29, 1.82) is 0 Å². The lowest BCUT2D eigenvalue weighted by atomic mass is 10.3. The van der Waals surface area contributed by atoms with Gasteiger partial charge in [-0.25, -0.2) is 0 Å². The molecule has 2 atom stereocenters. The van der Waals surface area contributed by atoms with E-state index < -0.39 is 0 Å². The van der Waals surface area contributed by atoms with Crippen LogP contribution in [0.2, 0.25) is 0 Å². The standard InChI is InChI=1S/C8H14O4/c1-6-3-10-4-8(12-6)5-11-7(2)9/h6,8H,3-5H2,1-2H3. The van der Waals surface area contributed by atoms with Crippen molar-refractivity contribution in [2.45, 2.75) is 26.1 Å². The Labute approximate surface area is 71.8 Å². The van der Waals surface area contributed by atoms with Crippen molar-refractivity contribution in [2.75, 3.05) is 19.8 Å². The SMILES string of the molecule is CC(=O)OCC1COCC(C)O1.